The largest absolute Gasteiger partial charge is 0.512 e. The molecule has 1 aliphatic carbocycles. The van der Waals surface area contributed by atoms with Crippen molar-refractivity contribution in [2.24, 2.45) is 11.8 Å². The molecule has 1 aliphatic rings. The van der Waals surface area contributed by atoms with E-state index in [1.165, 1.54) is 0 Å². The Bertz CT molecular complexity index is 172. The monoisotopic (exact) mass is 156 g/mol. The molecule has 0 bridgehead atoms. The average Bonchev–Trinajstić information content (AvgIpc) is 1.96. The van der Waals surface area contributed by atoms with Crippen molar-refractivity contribution < 1.29 is 10.2 Å². The number of aliphatic hydroxyl groups excluding tert-OH is 2. The van der Waals surface area contributed by atoms with E-state index in [2.05, 4.69) is 6.92 Å². The predicted octanol–water partition coefficient (Wildman–Crippen LogP) is 1.86. The molecule has 0 aromatic heterocycles. The van der Waals surface area contributed by atoms with Gasteiger partial charge in [-0.3, -0.25) is 0 Å². The van der Waals surface area contributed by atoms with Crippen molar-refractivity contribution in [1.29, 1.82) is 0 Å². The van der Waals surface area contributed by atoms with E-state index in [9.17, 15) is 5.11 Å². The fourth-order valence-electron chi connectivity index (χ4n) is 1.82. The number of hydrogen-bond donors (Lipinski definition) is 2. The van der Waals surface area contributed by atoms with Gasteiger partial charge in [0.05, 0.1) is 12.4 Å². The number of hydrogen-bond acceptors (Lipinski definition) is 2. The van der Waals surface area contributed by atoms with Crippen LogP contribution in [-0.4, -0.2) is 16.8 Å². The van der Waals surface area contributed by atoms with E-state index in [0.29, 0.717) is 11.7 Å². The molecule has 0 aliphatic heterocycles. The lowest BCUT2D eigenvalue weighted by Gasteiger charge is -2.26. The molecular weight excluding hydrogens is 140 g/mol. The average molecular weight is 156 g/mol. The van der Waals surface area contributed by atoms with Crippen molar-refractivity contribution in [2.75, 3.05) is 6.61 Å². The van der Waals surface area contributed by atoms with E-state index in [4.69, 9.17) is 5.11 Å². The maximum absolute atomic E-state index is 9.47. The van der Waals surface area contributed by atoms with Gasteiger partial charge in [0.2, 0.25) is 0 Å². The SMILES string of the molecule is CC1=C(O)C(CO)CC(C)C1. The Hall–Kier alpha value is -0.500. The summed E-state index contributed by atoms with van der Waals surface area (Å²) in [4.78, 5) is 0. The van der Waals surface area contributed by atoms with Crippen LogP contribution in [0.1, 0.15) is 26.7 Å². The summed E-state index contributed by atoms with van der Waals surface area (Å²) in [5.41, 5.74) is 1.04. The van der Waals surface area contributed by atoms with Gasteiger partial charge < -0.3 is 10.2 Å². The van der Waals surface area contributed by atoms with Gasteiger partial charge in [-0.15, -0.1) is 0 Å². The standard InChI is InChI=1S/C9H16O2/c1-6-3-7(2)9(11)8(4-6)5-10/h6,8,10-11H,3-5H2,1-2H3. The van der Waals surface area contributed by atoms with Crippen LogP contribution in [-0.2, 0) is 0 Å². The van der Waals surface area contributed by atoms with Gasteiger partial charge in [0.25, 0.3) is 0 Å². The fourth-order valence-corrected chi connectivity index (χ4v) is 1.82. The van der Waals surface area contributed by atoms with Gasteiger partial charge in [0.15, 0.2) is 0 Å². The van der Waals surface area contributed by atoms with E-state index < -0.39 is 0 Å². The first-order valence-electron chi connectivity index (χ1n) is 4.14. The van der Waals surface area contributed by atoms with Gasteiger partial charge in [0.1, 0.15) is 0 Å². The van der Waals surface area contributed by atoms with Crippen LogP contribution >= 0.6 is 0 Å². The van der Waals surface area contributed by atoms with Gasteiger partial charge in [-0.1, -0.05) is 6.92 Å². The second-order valence-corrected chi connectivity index (χ2v) is 3.59. The second-order valence-electron chi connectivity index (χ2n) is 3.59. The molecule has 0 radical (unpaired) electrons. The molecule has 11 heavy (non-hydrogen) atoms. The fraction of sp³-hybridized carbons (Fsp3) is 0.778. The van der Waals surface area contributed by atoms with Gasteiger partial charge in [-0.05, 0) is 31.3 Å². The molecule has 0 saturated carbocycles. The Kier molecular flexibility index (Phi) is 2.55. The third-order valence-corrected chi connectivity index (χ3v) is 2.39. The Labute approximate surface area is 67.6 Å². The first-order chi connectivity index (χ1) is 5.15. The molecule has 2 atom stereocenters. The number of aliphatic hydroxyl groups is 2. The summed E-state index contributed by atoms with van der Waals surface area (Å²) < 4.78 is 0. The van der Waals surface area contributed by atoms with Crippen LogP contribution in [0.4, 0.5) is 0 Å². The summed E-state index contributed by atoms with van der Waals surface area (Å²) in [6.07, 6.45) is 1.89. The summed E-state index contributed by atoms with van der Waals surface area (Å²) in [6, 6.07) is 0. The molecular formula is C9H16O2. The maximum atomic E-state index is 9.47. The second kappa shape index (κ2) is 3.26. The quantitative estimate of drug-likeness (QED) is 0.608. The van der Waals surface area contributed by atoms with E-state index in [1.807, 2.05) is 6.92 Å². The van der Waals surface area contributed by atoms with Crippen molar-refractivity contribution in [3.05, 3.63) is 11.3 Å². The molecule has 2 unspecified atom stereocenters. The summed E-state index contributed by atoms with van der Waals surface area (Å²) in [6.45, 7) is 4.17. The highest BCUT2D eigenvalue weighted by Gasteiger charge is 2.23. The van der Waals surface area contributed by atoms with Crippen molar-refractivity contribution in [1.82, 2.24) is 0 Å². The van der Waals surface area contributed by atoms with Crippen molar-refractivity contribution in [3.63, 3.8) is 0 Å². The summed E-state index contributed by atoms with van der Waals surface area (Å²) in [5.74, 6) is 1.02. The van der Waals surface area contributed by atoms with Crippen molar-refractivity contribution in [2.45, 2.75) is 26.7 Å². The van der Waals surface area contributed by atoms with E-state index in [-0.39, 0.29) is 12.5 Å². The molecule has 0 heterocycles. The smallest absolute Gasteiger partial charge is 0.0965 e. The van der Waals surface area contributed by atoms with Crippen LogP contribution in [0.5, 0.6) is 0 Å². The molecule has 2 nitrogen and oxygen atoms in total. The molecule has 0 fully saturated rings. The zero-order valence-electron chi connectivity index (χ0n) is 7.17. The highest BCUT2D eigenvalue weighted by Crippen LogP contribution is 2.31. The Morgan fingerprint density at radius 2 is 2.18 bits per heavy atom. The minimum atomic E-state index is -0.00116. The molecule has 0 saturated heterocycles. The molecule has 0 aromatic carbocycles. The zero-order valence-corrected chi connectivity index (χ0v) is 7.17. The van der Waals surface area contributed by atoms with Crippen molar-refractivity contribution in [3.8, 4) is 0 Å². The molecule has 0 spiro atoms. The molecule has 1 rings (SSSR count). The van der Waals surface area contributed by atoms with Gasteiger partial charge >= 0.3 is 0 Å². The lowest BCUT2D eigenvalue weighted by atomic mass is 9.83. The summed E-state index contributed by atoms with van der Waals surface area (Å²) >= 11 is 0. The molecule has 64 valence electrons. The van der Waals surface area contributed by atoms with Crippen LogP contribution in [0.3, 0.4) is 0 Å². The first kappa shape index (κ1) is 8.60. The van der Waals surface area contributed by atoms with Crippen LogP contribution in [0.2, 0.25) is 0 Å². The van der Waals surface area contributed by atoms with Crippen LogP contribution in [0.15, 0.2) is 11.3 Å². The molecule has 0 aromatic rings. The summed E-state index contributed by atoms with van der Waals surface area (Å²) in [7, 11) is 0. The van der Waals surface area contributed by atoms with E-state index in [1.54, 1.807) is 0 Å². The van der Waals surface area contributed by atoms with Crippen molar-refractivity contribution >= 4 is 0 Å². The lowest BCUT2D eigenvalue weighted by Crippen LogP contribution is -2.19. The highest BCUT2D eigenvalue weighted by molar-refractivity contribution is 5.12. The van der Waals surface area contributed by atoms with E-state index in [0.717, 1.165) is 18.4 Å². The highest BCUT2D eigenvalue weighted by atomic mass is 16.3. The zero-order chi connectivity index (χ0) is 8.43. The topological polar surface area (TPSA) is 40.5 Å². The maximum Gasteiger partial charge on any atom is 0.0965 e. The minimum absolute atomic E-state index is 0.00116. The van der Waals surface area contributed by atoms with Gasteiger partial charge in [-0.25, -0.2) is 0 Å². The summed E-state index contributed by atoms with van der Waals surface area (Å²) in [5, 5.41) is 18.4. The Morgan fingerprint density at radius 1 is 1.55 bits per heavy atom. The molecule has 2 N–H and O–H groups in total. The number of rotatable bonds is 1. The number of allylic oxidation sites excluding steroid dienone is 1. The lowest BCUT2D eigenvalue weighted by molar-refractivity contribution is 0.168. The Morgan fingerprint density at radius 3 is 2.73 bits per heavy atom. The first-order valence-corrected chi connectivity index (χ1v) is 4.14. The third-order valence-electron chi connectivity index (χ3n) is 2.39. The molecule has 0 amide bonds. The molecule has 2 heteroatoms. The van der Waals surface area contributed by atoms with Crippen LogP contribution in [0, 0.1) is 11.8 Å². The van der Waals surface area contributed by atoms with Gasteiger partial charge in [0, 0.05) is 5.92 Å². The van der Waals surface area contributed by atoms with Crippen LogP contribution < -0.4 is 0 Å². The minimum Gasteiger partial charge on any atom is -0.512 e. The normalized spacial score (nSPS) is 32.6. The van der Waals surface area contributed by atoms with E-state index >= 15 is 0 Å². The third kappa shape index (κ3) is 1.74. The van der Waals surface area contributed by atoms with Gasteiger partial charge in [-0.2, -0.15) is 0 Å². The predicted molar refractivity (Wildman–Crippen MR) is 44.3 cm³/mol. The van der Waals surface area contributed by atoms with Crippen LogP contribution in [0.25, 0.3) is 0 Å². The Balaban J connectivity index is 2.74.